The lowest BCUT2D eigenvalue weighted by Gasteiger charge is -2.31. The third kappa shape index (κ3) is 3.43. The van der Waals surface area contributed by atoms with E-state index in [0.29, 0.717) is 29.4 Å². The van der Waals surface area contributed by atoms with Gasteiger partial charge in [0.2, 0.25) is 11.8 Å². The summed E-state index contributed by atoms with van der Waals surface area (Å²) < 4.78 is 52.1. The van der Waals surface area contributed by atoms with Crippen LogP contribution in [0.3, 0.4) is 0 Å². The normalized spacial score (nSPS) is 20.8. The van der Waals surface area contributed by atoms with Gasteiger partial charge in [0.15, 0.2) is 0 Å². The Morgan fingerprint density at radius 1 is 1.21 bits per heavy atom. The maximum Gasteiger partial charge on any atom is 0.418 e. The van der Waals surface area contributed by atoms with Gasteiger partial charge < -0.3 is 25.0 Å². The molecule has 2 aliphatic rings. The van der Waals surface area contributed by atoms with Crippen LogP contribution in [-0.2, 0) is 6.18 Å². The second-order valence-corrected chi connectivity index (χ2v) is 7.27. The van der Waals surface area contributed by atoms with Crippen molar-refractivity contribution >= 4 is 17.1 Å². The van der Waals surface area contributed by atoms with Gasteiger partial charge in [-0.05, 0) is 36.7 Å². The molecular weight excluding hydrogens is 385 g/mol. The fourth-order valence-corrected chi connectivity index (χ4v) is 4.36. The lowest BCUT2D eigenvalue weighted by atomic mass is 9.89. The van der Waals surface area contributed by atoms with Crippen molar-refractivity contribution in [3.05, 3.63) is 35.4 Å². The van der Waals surface area contributed by atoms with Gasteiger partial charge in [0.25, 0.3) is 0 Å². The number of hydrogen-bond acceptors (Lipinski definition) is 6. The monoisotopic (exact) mass is 408 g/mol. The van der Waals surface area contributed by atoms with Crippen molar-refractivity contribution in [2.24, 2.45) is 0 Å². The first kappa shape index (κ1) is 19.6. The topological polar surface area (TPSA) is 58.7 Å². The summed E-state index contributed by atoms with van der Waals surface area (Å²) in [5, 5.41) is 6.35. The molecule has 0 aliphatic carbocycles. The molecule has 1 fully saturated rings. The van der Waals surface area contributed by atoms with Crippen molar-refractivity contribution < 1.29 is 22.6 Å². The van der Waals surface area contributed by atoms with Crippen LogP contribution in [0, 0.1) is 0 Å². The zero-order valence-electron chi connectivity index (χ0n) is 16.4. The van der Waals surface area contributed by atoms with E-state index in [9.17, 15) is 13.2 Å². The van der Waals surface area contributed by atoms with Gasteiger partial charge in [-0.2, -0.15) is 18.2 Å². The number of rotatable bonds is 4. The largest absolute Gasteiger partial charge is 0.481 e. The molecular formula is C20H23F3N4O2. The highest BCUT2D eigenvalue weighted by molar-refractivity contribution is 5.75. The molecule has 0 amide bonds. The fourth-order valence-electron chi connectivity index (χ4n) is 4.36. The van der Waals surface area contributed by atoms with Crippen molar-refractivity contribution in [2.75, 3.05) is 44.6 Å². The quantitative estimate of drug-likeness (QED) is 0.804. The Labute approximate surface area is 167 Å². The number of nitrogens with zero attached hydrogens (tertiary/aromatic N) is 2. The Balaban J connectivity index is 1.79. The molecule has 1 aromatic heterocycles. The second-order valence-electron chi connectivity index (χ2n) is 7.27. The van der Waals surface area contributed by atoms with Crippen molar-refractivity contribution in [3.63, 3.8) is 0 Å². The summed E-state index contributed by atoms with van der Waals surface area (Å²) in [5.74, 6) is 0.616. The molecule has 2 N–H and O–H groups in total. The van der Waals surface area contributed by atoms with Crippen LogP contribution in [0.25, 0.3) is 0 Å². The van der Waals surface area contributed by atoms with Gasteiger partial charge in [-0.15, -0.1) is 0 Å². The number of alkyl halides is 3. The molecule has 0 saturated carbocycles. The van der Waals surface area contributed by atoms with Gasteiger partial charge >= 0.3 is 6.18 Å². The Morgan fingerprint density at radius 2 is 2.00 bits per heavy atom. The molecule has 1 saturated heterocycles. The minimum absolute atomic E-state index is 0.0162. The molecule has 4 rings (SSSR count). The molecule has 2 atom stereocenters. The zero-order chi connectivity index (χ0) is 20.8. The second kappa shape index (κ2) is 7.29. The van der Waals surface area contributed by atoms with E-state index in [1.54, 1.807) is 24.1 Å². The molecule has 1 aromatic carbocycles. The first-order valence-corrected chi connectivity index (χ1v) is 9.38. The van der Waals surface area contributed by atoms with Crippen LogP contribution in [0.1, 0.15) is 23.5 Å². The minimum atomic E-state index is -4.46. The third-order valence-electron chi connectivity index (χ3n) is 5.66. The Kier molecular flexibility index (Phi) is 4.94. The molecule has 29 heavy (non-hydrogen) atoms. The van der Waals surface area contributed by atoms with E-state index in [-0.39, 0.29) is 23.5 Å². The summed E-state index contributed by atoms with van der Waals surface area (Å²) in [6.45, 7) is 1.47. The first-order valence-electron chi connectivity index (χ1n) is 9.38. The van der Waals surface area contributed by atoms with E-state index in [1.807, 2.05) is 6.07 Å². The Hall–Kier alpha value is -2.68. The number of fused-ring (bicyclic) bond motifs is 3. The summed E-state index contributed by atoms with van der Waals surface area (Å²) in [5.41, 5.74) is 1.17. The standard InChI is InChI=1S/C20H23F3N4O2/c1-27-16-6-7-24-10-13(16)12-8-11(9-14(18(12)27)20(21,22)23)25-15-4-5-17(28-2)26-19(15)29-3/h4-5,8-9,13,16,24-25H,6-7,10H2,1-3H3. The maximum absolute atomic E-state index is 13.9. The summed E-state index contributed by atoms with van der Waals surface area (Å²) in [6, 6.07) is 6.33. The van der Waals surface area contributed by atoms with Crippen molar-refractivity contribution in [3.8, 4) is 11.8 Å². The van der Waals surface area contributed by atoms with E-state index in [1.165, 1.54) is 14.2 Å². The minimum Gasteiger partial charge on any atom is -0.481 e. The summed E-state index contributed by atoms with van der Waals surface area (Å²) in [7, 11) is 4.69. The van der Waals surface area contributed by atoms with E-state index >= 15 is 0 Å². The van der Waals surface area contributed by atoms with Crippen molar-refractivity contribution in [1.29, 1.82) is 0 Å². The van der Waals surface area contributed by atoms with Crippen LogP contribution in [0.4, 0.5) is 30.2 Å². The molecule has 3 heterocycles. The van der Waals surface area contributed by atoms with Crippen LogP contribution >= 0.6 is 0 Å². The molecule has 2 aliphatic heterocycles. The Morgan fingerprint density at radius 3 is 2.69 bits per heavy atom. The first-order chi connectivity index (χ1) is 13.8. The number of methoxy groups -OCH3 is 2. The number of anilines is 3. The number of aromatic nitrogens is 1. The fraction of sp³-hybridized carbons (Fsp3) is 0.450. The van der Waals surface area contributed by atoms with Crippen LogP contribution in [0.5, 0.6) is 11.8 Å². The maximum atomic E-state index is 13.9. The molecule has 0 radical (unpaired) electrons. The molecule has 6 nitrogen and oxygen atoms in total. The molecule has 156 valence electrons. The van der Waals surface area contributed by atoms with Gasteiger partial charge in [0.1, 0.15) is 5.69 Å². The van der Waals surface area contributed by atoms with E-state index in [4.69, 9.17) is 9.47 Å². The zero-order valence-corrected chi connectivity index (χ0v) is 16.4. The number of pyridine rings is 1. The van der Waals surface area contributed by atoms with Gasteiger partial charge in [0.05, 0.1) is 25.5 Å². The Bertz CT molecular complexity index is 919. The number of ether oxygens (including phenoxy) is 2. The highest BCUT2D eigenvalue weighted by atomic mass is 19.4. The molecule has 0 spiro atoms. The number of nitrogens with one attached hydrogen (secondary N) is 2. The molecule has 2 aromatic rings. The van der Waals surface area contributed by atoms with Crippen LogP contribution in [0.15, 0.2) is 24.3 Å². The number of benzene rings is 1. The predicted molar refractivity (Wildman–Crippen MR) is 104 cm³/mol. The van der Waals surface area contributed by atoms with Crippen LogP contribution in [0.2, 0.25) is 0 Å². The lowest BCUT2D eigenvalue weighted by molar-refractivity contribution is -0.137. The van der Waals surface area contributed by atoms with Crippen molar-refractivity contribution in [1.82, 2.24) is 10.3 Å². The molecule has 2 unspecified atom stereocenters. The van der Waals surface area contributed by atoms with Gasteiger partial charge in [0, 0.05) is 37.3 Å². The van der Waals surface area contributed by atoms with Crippen LogP contribution < -0.4 is 25.0 Å². The molecule has 9 heteroatoms. The SMILES string of the molecule is COc1ccc(Nc2cc3c(c(C(F)(F)F)c2)N(C)C2CCNCC32)c(OC)n1. The number of halogens is 3. The summed E-state index contributed by atoms with van der Waals surface area (Å²) in [4.78, 5) is 5.97. The van der Waals surface area contributed by atoms with Gasteiger partial charge in [-0.1, -0.05) is 0 Å². The van der Waals surface area contributed by atoms with E-state index < -0.39 is 11.7 Å². The summed E-state index contributed by atoms with van der Waals surface area (Å²) >= 11 is 0. The number of piperidine rings is 1. The van der Waals surface area contributed by atoms with E-state index in [2.05, 4.69) is 15.6 Å². The third-order valence-corrected chi connectivity index (χ3v) is 5.66. The molecule has 0 bridgehead atoms. The smallest absolute Gasteiger partial charge is 0.418 e. The van der Waals surface area contributed by atoms with E-state index in [0.717, 1.165) is 19.0 Å². The highest BCUT2D eigenvalue weighted by Crippen LogP contribution is 2.50. The average Bonchev–Trinajstić information content (AvgIpc) is 2.99. The predicted octanol–water partition coefficient (Wildman–Crippen LogP) is 3.76. The number of hydrogen-bond donors (Lipinski definition) is 2. The van der Waals surface area contributed by atoms with Gasteiger partial charge in [-0.25, -0.2) is 0 Å². The summed E-state index contributed by atoms with van der Waals surface area (Å²) in [6.07, 6.45) is -3.65. The van der Waals surface area contributed by atoms with Crippen molar-refractivity contribution in [2.45, 2.75) is 24.6 Å². The van der Waals surface area contributed by atoms with Crippen LogP contribution in [-0.4, -0.2) is 45.4 Å². The van der Waals surface area contributed by atoms with Gasteiger partial charge in [-0.3, -0.25) is 0 Å². The number of likely N-dealkylation sites (N-methyl/N-ethyl adjacent to an activating group) is 1. The average molecular weight is 408 g/mol. The lowest BCUT2D eigenvalue weighted by Crippen LogP contribution is -2.42. The highest BCUT2D eigenvalue weighted by Gasteiger charge is 2.45.